The Bertz CT molecular complexity index is 341. The molecule has 96 valence electrons. The van der Waals surface area contributed by atoms with E-state index in [4.69, 9.17) is 19.7 Å². The maximum atomic E-state index is 8.66. The number of hydrogen-bond donors (Lipinski definition) is 0. The highest BCUT2D eigenvalue weighted by atomic mass is 16.8. The molecule has 2 heterocycles. The van der Waals surface area contributed by atoms with Gasteiger partial charge >= 0.3 is 0 Å². The Balaban J connectivity index is 2.18. The Morgan fingerprint density at radius 2 is 2.12 bits per heavy atom. The zero-order chi connectivity index (χ0) is 12.6. The first-order chi connectivity index (χ1) is 7.98. The molecule has 0 aromatic rings. The lowest BCUT2D eigenvalue weighted by atomic mass is 9.95. The van der Waals surface area contributed by atoms with Crippen molar-refractivity contribution in [1.82, 2.24) is 0 Å². The maximum absolute atomic E-state index is 8.66. The molecule has 0 bridgehead atoms. The van der Waals surface area contributed by atoms with Gasteiger partial charge in [-0.1, -0.05) is 25.4 Å². The minimum Gasteiger partial charge on any atom is -0.346 e. The number of nitrogens with zero attached hydrogens (tertiary/aromatic N) is 3. The third-order valence-electron chi connectivity index (χ3n) is 3.44. The van der Waals surface area contributed by atoms with Crippen molar-refractivity contribution in [1.29, 1.82) is 0 Å². The van der Waals surface area contributed by atoms with Gasteiger partial charge in [-0.05, 0) is 25.3 Å². The van der Waals surface area contributed by atoms with Gasteiger partial charge in [0.25, 0.3) is 0 Å². The third kappa shape index (κ3) is 2.26. The van der Waals surface area contributed by atoms with E-state index in [1.807, 2.05) is 13.8 Å². The van der Waals surface area contributed by atoms with E-state index in [0.717, 1.165) is 6.42 Å². The Kier molecular flexibility index (Phi) is 3.32. The fourth-order valence-electron chi connectivity index (χ4n) is 2.41. The molecular weight excluding hydrogens is 222 g/mol. The van der Waals surface area contributed by atoms with E-state index in [-0.39, 0.29) is 18.2 Å². The van der Waals surface area contributed by atoms with Crippen molar-refractivity contribution in [3.63, 3.8) is 0 Å². The molecule has 5 atom stereocenters. The summed E-state index contributed by atoms with van der Waals surface area (Å²) in [7, 11) is 0. The van der Waals surface area contributed by atoms with Gasteiger partial charge < -0.3 is 14.2 Å². The normalized spacial score (nSPS) is 40.7. The summed E-state index contributed by atoms with van der Waals surface area (Å²) < 4.78 is 17.2. The highest BCUT2D eigenvalue weighted by Crippen LogP contribution is 2.41. The van der Waals surface area contributed by atoms with Crippen molar-refractivity contribution >= 4 is 0 Å². The first-order valence-electron chi connectivity index (χ1n) is 6.04. The Morgan fingerprint density at radius 1 is 1.41 bits per heavy atom. The van der Waals surface area contributed by atoms with Gasteiger partial charge in [0.05, 0.1) is 12.1 Å². The molecule has 2 aliphatic heterocycles. The van der Waals surface area contributed by atoms with Crippen LogP contribution in [-0.2, 0) is 14.2 Å². The molecule has 0 spiro atoms. The van der Waals surface area contributed by atoms with Crippen molar-refractivity contribution in [2.45, 2.75) is 64.4 Å². The smallest absolute Gasteiger partial charge is 0.187 e. The van der Waals surface area contributed by atoms with Crippen molar-refractivity contribution in [2.75, 3.05) is 0 Å². The Hall–Kier alpha value is -0.810. The van der Waals surface area contributed by atoms with Crippen LogP contribution >= 0.6 is 0 Å². The van der Waals surface area contributed by atoms with Crippen molar-refractivity contribution in [2.24, 2.45) is 11.0 Å². The molecule has 0 unspecified atom stereocenters. The predicted octanol–water partition coefficient (Wildman–Crippen LogP) is 2.59. The van der Waals surface area contributed by atoms with Crippen LogP contribution in [0.15, 0.2) is 5.11 Å². The molecule has 0 aromatic carbocycles. The van der Waals surface area contributed by atoms with Crippen LogP contribution in [0, 0.1) is 5.92 Å². The van der Waals surface area contributed by atoms with Gasteiger partial charge in [0, 0.05) is 4.91 Å². The molecule has 6 heteroatoms. The van der Waals surface area contributed by atoms with Crippen LogP contribution in [-0.4, -0.2) is 30.3 Å². The van der Waals surface area contributed by atoms with Crippen molar-refractivity contribution in [3.8, 4) is 0 Å². The molecule has 2 rings (SSSR count). The van der Waals surface area contributed by atoms with E-state index < -0.39 is 12.1 Å². The second kappa shape index (κ2) is 4.46. The monoisotopic (exact) mass is 241 g/mol. The van der Waals surface area contributed by atoms with Gasteiger partial charge in [0.15, 0.2) is 12.1 Å². The first-order valence-corrected chi connectivity index (χ1v) is 6.04. The molecule has 0 aliphatic carbocycles. The van der Waals surface area contributed by atoms with E-state index in [2.05, 4.69) is 23.9 Å². The molecule has 0 amide bonds. The average molecular weight is 241 g/mol. The molecular formula is C11H19N3O3. The molecule has 0 radical (unpaired) electrons. The highest BCUT2D eigenvalue weighted by molar-refractivity contribution is 4.99. The van der Waals surface area contributed by atoms with Gasteiger partial charge in [-0.3, -0.25) is 0 Å². The number of rotatable bonds is 3. The lowest BCUT2D eigenvalue weighted by molar-refractivity contribution is -0.210. The standard InChI is InChI=1S/C11H19N3O3/c1-5-6(2)8-7(13-14-12)9-10(15-8)17-11(3,4)16-9/h6-10H,5H2,1-4H3/t6-,7-,8+,9+,10+/m0/s1. The summed E-state index contributed by atoms with van der Waals surface area (Å²) >= 11 is 0. The second-order valence-corrected chi connectivity index (χ2v) is 5.15. The van der Waals surface area contributed by atoms with Crippen molar-refractivity contribution in [3.05, 3.63) is 10.4 Å². The quantitative estimate of drug-likeness (QED) is 0.433. The van der Waals surface area contributed by atoms with Gasteiger partial charge in [-0.25, -0.2) is 0 Å². The van der Waals surface area contributed by atoms with Crippen LogP contribution < -0.4 is 0 Å². The highest BCUT2D eigenvalue weighted by Gasteiger charge is 2.55. The summed E-state index contributed by atoms with van der Waals surface area (Å²) in [5.41, 5.74) is 8.66. The van der Waals surface area contributed by atoms with E-state index in [9.17, 15) is 0 Å². The molecule has 0 N–H and O–H groups in total. The van der Waals surface area contributed by atoms with Crippen LogP contribution in [0.25, 0.3) is 10.4 Å². The SMILES string of the molecule is CC[C@H](C)[C@H]1O[C@@H]2OC(C)(C)O[C@@H]2[C@H]1N=[N+]=[N-]. The predicted molar refractivity (Wildman–Crippen MR) is 61.1 cm³/mol. The lowest BCUT2D eigenvalue weighted by Crippen LogP contribution is -2.36. The zero-order valence-electron chi connectivity index (χ0n) is 10.7. The Labute approximate surface area is 101 Å². The van der Waals surface area contributed by atoms with E-state index in [0.29, 0.717) is 5.92 Å². The van der Waals surface area contributed by atoms with Crippen molar-refractivity contribution < 1.29 is 14.2 Å². The fraction of sp³-hybridized carbons (Fsp3) is 1.00. The third-order valence-corrected chi connectivity index (χ3v) is 3.44. The van der Waals surface area contributed by atoms with Crippen LogP contribution in [0.2, 0.25) is 0 Å². The summed E-state index contributed by atoms with van der Waals surface area (Å²) in [6, 6.07) is -0.304. The minimum atomic E-state index is -0.668. The molecule has 2 fully saturated rings. The van der Waals surface area contributed by atoms with Crippen LogP contribution in [0.3, 0.4) is 0 Å². The summed E-state index contributed by atoms with van der Waals surface area (Å²) in [6.45, 7) is 7.83. The molecule has 2 aliphatic rings. The lowest BCUT2D eigenvalue weighted by Gasteiger charge is -2.26. The van der Waals surface area contributed by atoms with Gasteiger partial charge in [0.2, 0.25) is 0 Å². The van der Waals surface area contributed by atoms with E-state index in [1.165, 1.54) is 0 Å². The molecule has 0 saturated carbocycles. The first kappa shape index (κ1) is 12.6. The molecule has 6 nitrogen and oxygen atoms in total. The summed E-state index contributed by atoms with van der Waals surface area (Å²) in [5, 5.41) is 3.83. The van der Waals surface area contributed by atoms with Gasteiger partial charge in [-0.2, -0.15) is 0 Å². The second-order valence-electron chi connectivity index (χ2n) is 5.15. The molecule has 17 heavy (non-hydrogen) atoms. The van der Waals surface area contributed by atoms with E-state index >= 15 is 0 Å². The number of fused-ring (bicyclic) bond motifs is 1. The van der Waals surface area contributed by atoms with Gasteiger partial charge in [0.1, 0.15) is 6.10 Å². The topological polar surface area (TPSA) is 76.5 Å². The van der Waals surface area contributed by atoms with Crippen LogP contribution in [0.1, 0.15) is 34.1 Å². The maximum Gasteiger partial charge on any atom is 0.187 e. The zero-order valence-corrected chi connectivity index (χ0v) is 10.7. The average Bonchev–Trinajstić information content (AvgIpc) is 2.72. The van der Waals surface area contributed by atoms with Crippen LogP contribution in [0.5, 0.6) is 0 Å². The number of ether oxygens (including phenoxy) is 3. The van der Waals surface area contributed by atoms with E-state index in [1.54, 1.807) is 0 Å². The summed E-state index contributed by atoms with van der Waals surface area (Å²) in [5.74, 6) is -0.356. The number of hydrogen-bond acceptors (Lipinski definition) is 4. The number of azide groups is 1. The fourth-order valence-corrected chi connectivity index (χ4v) is 2.41. The largest absolute Gasteiger partial charge is 0.346 e. The minimum absolute atomic E-state index is 0.123. The molecule has 2 saturated heterocycles. The van der Waals surface area contributed by atoms with Crippen LogP contribution in [0.4, 0.5) is 0 Å². The molecule has 0 aromatic heterocycles. The summed E-state index contributed by atoms with van der Waals surface area (Å²) in [6.07, 6.45) is 0.131. The van der Waals surface area contributed by atoms with Gasteiger partial charge in [-0.15, -0.1) is 0 Å². The summed E-state index contributed by atoms with van der Waals surface area (Å²) in [4.78, 5) is 2.90. The Morgan fingerprint density at radius 3 is 2.71 bits per heavy atom.